The first-order chi connectivity index (χ1) is 9.49. The number of nitrogens with zero attached hydrogens (tertiary/aromatic N) is 1. The number of esters is 1. The van der Waals surface area contributed by atoms with E-state index in [0.717, 1.165) is 6.07 Å². The highest BCUT2D eigenvalue weighted by molar-refractivity contribution is 6.32. The highest BCUT2D eigenvalue weighted by atomic mass is 35.5. The van der Waals surface area contributed by atoms with Crippen LogP contribution in [-0.2, 0) is 4.74 Å². The second-order valence-corrected chi connectivity index (χ2v) is 4.44. The fourth-order valence-electron chi connectivity index (χ4n) is 1.83. The summed E-state index contributed by atoms with van der Waals surface area (Å²) in [6.45, 7) is 1.64. The van der Waals surface area contributed by atoms with E-state index in [2.05, 4.69) is 14.9 Å². The van der Waals surface area contributed by atoms with Crippen LogP contribution in [0.4, 0.5) is 4.39 Å². The third-order valence-corrected chi connectivity index (χ3v) is 3.19. The second-order valence-electron chi connectivity index (χ2n) is 4.03. The normalized spacial score (nSPS) is 10.4. The number of H-pyrrole nitrogens is 1. The predicted octanol–water partition coefficient (Wildman–Crippen LogP) is 2.97. The van der Waals surface area contributed by atoms with E-state index in [1.807, 2.05) is 0 Å². The summed E-state index contributed by atoms with van der Waals surface area (Å²) in [5.74, 6) is -0.797. The van der Waals surface area contributed by atoms with Gasteiger partial charge in [0.05, 0.1) is 24.9 Å². The maximum Gasteiger partial charge on any atom is 0.356 e. The quantitative estimate of drug-likeness (QED) is 0.885. The van der Waals surface area contributed by atoms with Gasteiger partial charge in [0.25, 0.3) is 0 Å². The van der Waals surface area contributed by atoms with Gasteiger partial charge in [0.2, 0.25) is 0 Å². The number of halogens is 2. The minimum atomic E-state index is -0.567. The van der Waals surface area contributed by atoms with E-state index in [-0.39, 0.29) is 16.3 Å². The van der Waals surface area contributed by atoms with Gasteiger partial charge in [0.15, 0.2) is 0 Å². The van der Waals surface area contributed by atoms with Crippen LogP contribution in [0, 0.1) is 12.7 Å². The first-order valence-electron chi connectivity index (χ1n) is 5.66. The Labute approximate surface area is 119 Å². The maximum atomic E-state index is 14.0. The van der Waals surface area contributed by atoms with E-state index in [1.165, 1.54) is 20.3 Å². The molecular weight excluding hydrogens is 287 g/mol. The van der Waals surface area contributed by atoms with Crippen molar-refractivity contribution in [1.82, 2.24) is 10.2 Å². The summed E-state index contributed by atoms with van der Waals surface area (Å²) in [5.41, 5.74) is 1.16. The highest BCUT2D eigenvalue weighted by Gasteiger charge is 2.20. The topological polar surface area (TPSA) is 64.2 Å². The van der Waals surface area contributed by atoms with Crippen LogP contribution in [-0.4, -0.2) is 30.4 Å². The summed E-state index contributed by atoms with van der Waals surface area (Å²) in [7, 11) is 2.69. The lowest BCUT2D eigenvalue weighted by atomic mass is 10.1. The maximum absolute atomic E-state index is 14.0. The van der Waals surface area contributed by atoms with Gasteiger partial charge >= 0.3 is 5.97 Å². The van der Waals surface area contributed by atoms with Crippen molar-refractivity contribution in [2.45, 2.75) is 6.92 Å². The average Bonchev–Trinajstić information content (AvgIpc) is 2.80. The molecule has 0 aliphatic heterocycles. The predicted molar refractivity (Wildman–Crippen MR) is 71.6 cm³/mol. The molecule has 0 unspecified atom stereocenters. The Hall–Kier alpha value is -2.08. The average molecular weight is 299 g/mol. The molecule has 1 heterocycles. The third kappa shape index (κ3) is 2.34. The van der Waals surface area contributed by atoms with E-state index >= 15 is 0 Å². The van der Waals surface area contributed by atoms with Crippen LogP contribution in [0.5, 0.6) is 5.75 Å². The zero-order valence-electron chi connectivity index (χ0n) is 11.1. The molecular formula is C13H12ClFN2O3. The van der Waals surface area contributed by atoms with Crippen LogP contribution in [0.15, 0.2) is 12.1 Å². The largest absolute Gasteiger partial charge is 0.495 e. The van der Waals surface area contributed by atoms with Gasteiger partial charge in [-0.05, 0) is 19.1 Å². The van der Waals surface area contributed by atoms with Gasteiger partial charge in [-0.1, -0.05) is 11.6 Å². The Kier molecular flexibility index (Phi) is 3.94. The molecule has 0 aliphatic carbocycles. The van der Waals surface area contributed by atoms with Gasteiger partial charge in [0, 0.05) is 11.1 Å². The molecule has 1 aromatic heterocycles. The SMILES string of the molecule is COC(=O)c1[nH]nc(-c2cc(OC)c(Cl)cc2F)c1C. The monoisotopic (exact) mass is 298 g/mol. The van der Waals surface area contributed by atoms with E-state index < -0.39 is 11.8 Å². The van der Waals surface area contributed by atoms with Crippen molar-refractivity contribution >= 4 is 17.6 Å². The Morgan fingerprint density at radius 1 is 1.40 bits per heavy atom. The number of hydrogen-bond acceptors (Lipinski definition) is 4. The fourth-order valence-corrected chi connectivity index (χ4v) is 2.06. The van der Waals surface area contributed by atoms with Crippen LogP contribution in [0.25, 0.3) is 11.3 Å². The highest BCUT2D eigenvalue weighted by Crippen LogP contribution is 2.34. The lowest BCUT2D eigenvalue weighted by Gasteiger charge is -2.07. The summed E-state index contributed by atoms with van der Waals surface area (Å²) in [4.78, 5) is 11.5. The minimum absolute atomic E-state index is 0.162. The van der Waals surface area contributed by atoms with Crippen molar-refractivity contribution in [2.75, 3.05) is 14.2 Å². The second kappa shape index (κ2) is 5.50. The molecule has 106 valence electrons. The molecule has 5 nitrogen and oxygen atoms in total. The summed E-state index contributed by atoms with van der Waals surface area (Å²) in [6, 6.07) is 2.57. The molecule has 2 rings (SSSR count). The number of aromatic nitrogens is 2. The van der Waals surface area contributed by atoms with Gasteiger partial charge < -0.3 is 9.47 Å². The summed E-state index contributed by atoms with van der Waals surface area (Å²) in [6.07, 6.45) is 0. The first-order valence-corrected chi connectivity index (χ1v) is 6.04. The fraction of sp³-hybridized carbons (Fsp3) is 0.231. The molecule has 0 spiro atoms. The number of ether oxygens (including phenoxy) is 2. The van der Waals surface area contributed by atoms with Crippen LogP contribution in [0.1, 0.15) is 16.1 Å². The molecule has 0 fully saturated rings. The summed E-state index contributed by atoms with van der Waals surface area (Å²) in [5, 5.41) is 6.66. The summed E-state index contributed by atoms with van der Waals surface area (Å²) >= 11 is 5.84. The number of methoxy groups -OCH3 is 2. The van der Waals surface area contributed by atoms with Gasteiger partial charge in [-0.3, -0.25) is 5.10 Å². The van der Waals surface area contributed by atoms with E-state index in [9.17, 15) is 9.18 Å². The standard InChI is InChI=1S/C13H12ClFN2O3/c1-6-11(16-17-12(6)13(18)20-3)7-4-10(19-2)8(14)5-9(7)15/h4-5H,1-3H3,(H,16,17). The van der Waals surface area contributed by atoms with Gasteiger partial charge in [0.1, 0.15) is 17.3 Å². The van der Waals surface area contributed by atoms with Crippen molar-refractivity contribution in [3.05, 3.63) is 34.2 Å². The van der Waals surface area contributed by atoms with Crippen LogP contribution >= 0.6 is 11.6 Å². The molecule has 0 bridgehead atoms. The van der Waals surface area contributed by atoms with Crippen molar-refractivity contribution in [3.63, 3.8) is 0 Å². The number of aromatic amines is 1. The Morgan fingerprint density at radius 3 is 2.70 bits per heavy atom. The number of rotatable bonds is 3. The van der Waals surface area contributed by atoms with Crippen molar-refractivity contribution in [1.29, 1.82) is 0 Å². The molecule has 0 radical (unpaired) electrons. The lowest BCUT2D eigenvalue weighted by Crippen LogP contribution is -2.03. The number of hydrogen-bond donors (Lipinski definition) is 1. The molecule has 2 aromatic rings. The molecule has 1 N–H and O–H groups in total. The minimum Gasteiger partial charge on any atom is -0.495 e. The number of benzene rings is 1. The van der Waals surface area contributed by atoms with Crippen molar-refractivity contribution in [2.24, 2.45) is 0 Å². The van der Waals surface area contributed by atoms with Crippen LogP contribution < -0.4 is 4.74 Å². The van der Waals surface area contributed by atoms with Crippen LogP contribution in [0.3, 0.4) is 0 Å². The van der Waals surface area contributed by atoms with Crippen LogP contribution in [0.2, 0.25) is 5.02 Å². The molecule has 7 heteroatoms. The lowest BCUT2D eigenvalue weighted by molar-refractivity contribution is 0.0593. The molecule has 0 saturated carbocycles. The van der Waals surface area contributed by atoms with Gasteiger partial charge in [-0.15, -0.1) is 0 Å². The molecule has 1 aromatic carbocycles. The Morgan fingerprint density at radius 2 is 2.10 bits per heavy atom. The van der Waals surface area contributed by atoms with Gasteiger partial charge in [-0.25, -0.2) is 9.18 Å². The van der Waals surface area contributed by atoms with E-state index in [4.69, 9.17) is 16.3 Å². The molecule has 0 amide bonds. The zero-order valence-corrected chi connectivity index (χ0v) is 11.8. The molecule has 20 heavy (non-hydrogen) atoms. The van der Waals surface area contributed by atoms with E-state index in [1.54, 1.807) is 6.92 Å². The Bertz CT molecular complexity index is 670. The Balaban J connectivity index is 2.57. The zero-order chi connectivity index (χ0) is 14.9. The van der Waals surface area contributed by atoms with Crippen molar-refractivity contribution < 1.29 is 18.7 Å². The smallest absolute Gasteiger partial charge is 0.356 e. The third-order valence-electron chi connectivity index (χ3n) is 2.90. The van der Waals surface area contributed by atoms with Crippen molar-refractivity contribution in [3.8, 4) is 17.0 Å². The number of nitrogens with one attached hydrogen (secondary N) is 1. The first kappa shape index (κ1) is 14.3. The van der Waals surface area contributed by atoms with E-state index in [0.29, 0.717) is 17.0 Å². The summed E-state index contributed by atoms with van der Waals surface area (Å²) < 4.78 is 23.7. The molecule has 0 atom stereocenters. The molecule has 0 aliphatic rings. The van der Waals surface area contributed by atoms with Gasteiger partial charge in [-0.2, -0.15) is 5.10 Å². The molecule has 0 saturated heterocycles. The number of carbonyl (C=O) groups excluding carboxylic acids is 1. The number of carbonyl (C=O) groups is 1.